The first kappa shape index (κ1) is 18.0. The number of hydrogen-bond donors (Lipinski definition) is 0. The highest BCUT2D eigenvalue weighted by molar-refractivity contribution is 8.00. The lowest BCUT2D eigenvalue weighted by molar-refractivity contribution is 0.385. The van der Waals surface area contributed by atoms with Gasteiger partial charge in [-0.15, -0.1) is 22.7 Å². The fourth-order valence-electron chi connectivity index (χ4n) is 2.20. The van der Waals surface area contributed by atoms with Crippen molar-refractivity contribution in [3.8, 4) is 10.7 Å². The second kappa shape index (κ2) is 8.10. The van der Waals surface area contributed by atoms with E-state index >= 15 is 0 Å². The van der Waals surface area contributed by atoms with Gasteiger partial charge < -0.3 is 4.52 Å². The Morgan fingerprint density at radius 2 is 2.04 bits per heavy atom. The van der Waals surface area contributed by atoms with Gasteiger partial charge in [0.25, 0.3) is 0 Å². The molecule has 132 valence electrons. The first-order valence-corrected chi connectivity index (χ1v) is 11.0. The van der Waals surface area contributed by atoms with Crippen molar-refractivity contribution in [2.45, 2.75) is 16.5 Å². The van der Waals surface area contributed by atoms with E-state index in [1.54, 1.807) is 40.5 Å². The highest BCUT2D eigenvalue weighted by Crippen LogP contribution is 2.31. The largest absolute Gasteiger partial charge is 0.339 e. The van der Waals surface area contributed by atoms with Gasteiger partial charge in [0.2, 0.25) is 11.7 Å². The zero-order valence-electron chi connectivity index (χ0n) is 13.2. The van der Waals surface area contributed by atoms with Gasteiger partial charge in [0.15, 0.2) is 0 Å². The van der Waals surface area contributed by atoms with E-state index in [-0.39, 0.29) is 0 Å². The predicted octanol–water partition coefficient (Wildman–Crippen LogP) is 6.44. The standard InChI is InChI=1S/C17H11Cl2N3OS3/c18-11-4-3-10(13(19)6-11)8-25-17-20-12(9-26-17)7-15-21-16(22-23-15)14-2-1-5-24-14/h1-6,9H,7-8H2. The first-order valence-electron chi connectivity index (χ1n) is 7.55. The van der Waals surface area contributed by atoms with Crippen molar-refractivity contribution >= 4 is 57.6 Å². The summed E-state index contributed by atoms with van der Waals surface area (Å²) in [5.74, 6) is 1.93. The highest BCUT2D eigenvalue weighted by atomic mass is 35.5. The van der Waals surface area contributed by atoms with Crippen LogP contribution in [0.2, 0.25) is 10.0 Å². The van der Waals surface area contributed by atoms with Crippen LogP contribution >= 0.6 is 57.6 Å². The number of rotatable bonds is 6. The number of benzene rings is 1. The normalized spacial score (nSPS) is 11.2. The summed E-state index contributed by atoms with van der Waals surface area (Å²) in [6, 6.07) is 9.48. The molecule has 1 aromatic carbocycles. The molecule has 0 atom stereocenters. The Labute approximate surface area is 172 Å². The van der Waals surface area contributed by atoms with E-state index in [0.717, 1.165) is 26.2 Å². The molecule has 0 fully saturated rings. The zero-order valence-corrected chi connectivity index (χ0v) is 17.1. The molecular formula is C17H11Cl2N3OS3. The average Bonchev–Trinajstić information content (AvgIpc) is 3.36. The molecule has 0 saturated carbocycles. The smallest absolute Gasteiger partial charge is 0.233 e. The van der Waals surface area contributed by atoms with Crippen molar-refractivity contribution in [1.29, 1.82) is 0 Å². The summed E-state index contributed by atoms with van der Waals surface area (Å²) in [7, 11) is 0. The van der Waals surface area contributed by atoms with Crippen LogP contribution in [0, 0.1) is 0 Å². The molecule has 4 aromatic rings. The van der Waals surface area contributed by atoms with E-state index in [4.69, 9.17) is 27.7 Å². The van der Waals surface area contributed by atoms with Crippen molar-refractivity contribution in [3.05, 3.63) is 68.3 Å². The van der Waals surface area contributed by atoms with Gasteiger partial charge in [-0.1, -0.05) is 52.3 Å². The first-order chi connectivity index (χ1) is 12.7. The van der Waals surface area contributed by atoms with Gasteiger partial charge >= 0.3 is 0 Å². The van der Waals surface area contributed by atoms with Gasteiger partial charge in [-0.2, -0.15) is 4.98 Å². The molecule has 26 heavy (non-hydrogen) atoms. The molecule has 0 aliphatic carbocycles. The molecule has 3 aromatic heterocycles. The Hall–Kier alpha value is -1.38. The molecule has 4 nitrogen and oxygen atoms in total. The van der Waals surface area contributed by atoms with Crippen LogP contribution in [-0.2, 0) is 12.2 Å². The number of halogens is 2. The summed E-state index contributed by atoms with van der Waals surface area (Å²) in [5.41, 5.74) is 1.95. The van der Waals surface area contributed by atoms with Crippen LogP contribution in [0.4, 0.5) is 0 Å². The fraction of sp³-hybridized carbons (Fsp3) is 0.118. The third-order valence-electron chi connectivity index (χ3n) is 3.44. The van der Waals surface area contributed by atoms with Crippen LogP contribution in [0.1, 0.15) is 17.1 Å². The van der Waals surface area contributed by atoms with Crippen molar-refractivity contribution < 1.29 is 4.52 Å². The minimum Gasteiger partial charge on any atom is -0.339 e. The molecule has 0 aliphatic heterocycles. The van der Waals surface area contributed by atoms with E-state index in [9.17, 15) is 0 Å². The summed E-state index contributed by atoms with van der Waals surface area (Å²) >= 11 is 17.0. The number of aromatic nitrogens is 3. The Bertz CT molecular complexity index is 1010. The van der Waals surface area contributed by atoms with Gasteiger partial charge in [0.1, 0.15) is 4.34 Å². The van der Waals surface area contributed by atoms with E-state index in [2.05, 4.69) is 15.1 Å². The third-order valence-corrected chi connectivity index (χ3v) is 7.01. The maximum Gasteiger partial charge on any atom is 0.233 e. The molecule has 0 spiro atoms. The quantitative estimate of drug-likeness (QED) is 0.323. The lowest BCUT2D eigenvalue weighted by atomic mass is 10.2. The van der Waals surface area contributed by atoms with Crippen LogP contribution in [-0.4, -0.2) is 15.1 Å². The Morgan fingerprint density at radius 3 is 2.85 bits per heavy atom. The summed E-state index contributed by atoms with van der Waals surface area (Å²) in [5, 5.41) is 9.34. The molecule has 4 rings (SSSR count). The molecule has 0 amide bonds. The lowest BCUT2D eigenvalue weighted by Crippen LogP contribution is -1.89. The monoisotopic (exact) mass is 439 g/mol. The Balaban J connectivity index is 1.39. The Kier molecular flexibility index (Phi) is 5.61. The second-order valence-corrected chi connectivity index (χ2v) is 9.17. The summed E-state index contributed by atoms with van der Waals surface area (Å²) in [6.07, 6.45) is 0.525. The number of thiophene rings is 1. The van der Waals surface area contributed by atoms with Gasteiger partial charge in [-0.05, 0) is 29.1 Å². The molecule has 9 heteroatoms. The number of thioether (sulfide) groups is 1. The predicted molar refractivity (Wildman–Crippen MR) is 109 cm³/mol. The van der Waals surface area contributed by atoms with Crippen molar-refractivity contribution in [2.24, 2.45) is 0 Å². The topological polar surface area (TPSA) is 51.8 Å². The zero-order chi connectivity index (χ0) is 17.9. The van der Waals surface area contributed by atoms with Crippen LogP contribution in [0.25, 0.3) is 10.7 Å². The van der Waals surface area contributed by atoms with Crippen molar-refractivity contribution in [2.75, 3.05) is 0 Å². The van der Waals surface area contributed by atoms with Crippen LogP contribution < -0.4 is 0 Å². The summed E-state index contributed by atoms with van der Waals surface area (Å²) in [6.45, 7) is 0. The molecule has 0 N–H and O–H groups in total. The van der Waals surface area contributed by atoms with Crippen molar-refractivity contribution in [3.63, 3.8) is 0 Å². The van der Waals surface area contributed by atoms with E-state index < -0.39 is 0 Å². The van der Waals surface area contributed by atoms with E-state index in [1.807, 2.05) is 35.0 Å². The lowest BCUT2D eigenvalue weighted by Gasteiger charge is -2.02. The molecule has 0 aliphatic rings. The maximum atomic E-state index is 6.21. The summed E-state index contributed by atoms with van der Waals surface area (Å²) in [4.78, 5) is 10.1. The Morgan fingerprint density at radius 1 is 1.12 bits per heavy atom. The number of nitrogens with zero attached hydrogens (tertiary/aromatic N) is 3. The van der Waals surface area contributed by atoms with Crippen LogP contribution in [0.3, 0.4) is 0 Å². The van der Waals surface area contributed by atoms with Gasteiger partial charge in [-0.25, -0.2) is 4.98 Å². The van der Waals surface area contributed by atoms with Gasteiger partial charge in [-0.3, -0.25) is 0 Å². The summed E-state index contributed by atoms with van der Waals surface area (Å²) < 4.78 is 6.31. The molecular weight excluding hydrogens is 429 g/mol. The SMILES string of the molecule is Clc1ccc(CSc2nc(Cc3nc(-c4cccs4)no3)cs2)c(Cl)c1. The van der Waals surface area contributed by atoms with E-state index in [0.29, 0.717) is 28.2 Å². The maximum absolute atomic E-state index is 6.21. The molecule has 3 heterocycles. The van der Waals surface area contributed by atoms with E-state index in [1.165, 1.54) is 0 Å². The molecule has 0 bridgehead atoms. The molecule has 0 unspecified atom stereocenters. The van der Waals surface area contributed by atoms with Crippen molar-refractivity contribution in [1.82, 2.24) is 15.1 Å². The number of hydrogen-bond acceptors (Lipinski definition) is 7. The molecule has 0 radical (unpaired) electrons. The third kappa shape index (κ3) is 4.29. The van der Waals surface area contributed by atoms with Crippen LogP contribution in [0.15, 0.2) is 50.0 Å². The molecule has 0 saturated heterocycles. The highest BCUT2D eigenvalue weighted by Gasteiger charge is 2.12. The second-order valence-electron chi connectivity index (χ2n) is 5.29. The fourth-order valence-corrected chi connectivity index (χ4v) is 5.25. The average molecular weight is 440 g/mol. The number of thiazole rings is 1. The van der Waals surface area contributed by atoms with Crippen LogP contribution in [0.5, 0.6) is 0 Å². The van der Waals surface area contributed by atoms with Gasteiger partial charge in [0, 0.05) is 21.2 Å². The van der Waals surface area contributed by atoms with Gasteiger partial charge in [0.05, 0.1) is 17.0 Å². The minimum absolute atomic E-state index is 0.525. The minimum atomic E-state index is 0.525.